The van der Waals surface area contributed by atoms with Gasteiger partial charge in [-0.2, -0.15) is 0 Å². The quantitative estimate of drug-likeness (QED) is 0.695. The molecule has 2 N–H and O–H groups in total. The first kappa shape index (κ1) is 15.0. The first-order valence-electron chi connectivity index (χ1n) is 6.25. The zero-order valence-corrected chi connectivity index (χ0v) is 12.5. The number of halogens is 1. The molecule has 0 amide bonds. The summed E-state index contributed by atoms with van der Waals surface area (Å²) in [5, 5.41) is 0.360. The fourth-order valence-electron chi connectivity index (χ4n) is 1.73. The predicted octanol–water partition coefficient (Wildman–Crippen LogP) is 3.23. The summed E-state index contributed by atoms with van der Waals surface area (Å²) in [5.74, 6) is 1.14. The number of aryl methyl sites for hydroxylation is 1. The van der Waals surface area contributed by atoms with Crippen molar-refractivity contribution >= 4 is 23.4 Å². The normalized spacial score (nSPS) is 11.9. The van der Waals surface area contributed by atoms with Crippen LogP contribution in [0.3, 0.4) is 0 Å². The first-order valence-corrected chi connectivity index (χ1v) is 6.63. The van der Waals surface area contributed by atoms with Crippen molar-refractivity contribution in [3.05, 3.63) is 53.2 Å². The molecule has 6 heteroatoms. The summed E-state index contributed by atoms with van der Waals surface area (Å²) < 4.78 is 5.83. The number of ether oxygens (including phenoxy) is 1. The highest BCUT2D eigenvalue weighted by molar-refractivity contribution is 6.29. The lowest BCUT2D eigenvalue weighted by Crippen LogP contribution is -2.00. The number of rotatable bonds is 4. The van der Waals surface area contributed by atoms with E-state index in [4.69, 9.17) is 22.1 Å². The molecule has 0 aliphatic carbocycles. The van der Waals surface area contributed by atoms with Crippen LogP contribution in [0.2, 0.25) is 5.15 Å². The van der Waals surface area contributed by atoms with Gasteiger partial charge in [-0.15, -0.1) is 0 Å². The van der Waals surface area contributed by atoms with Crippen molar-refractivity contribution in [2.45, 2.75) is 6.92 Å². The highest BCUT2D eigenvalue weighted by Crippen LogP contribution is 2.29. The second-order valence-electron chi connectivity index (χ2n) is 4.23. The summed E-state index contributed by atoms with van der Waals surface area (Å²) in [6.07, 6.45) is 4.65. The van der Waals surface area contributed by atoms with Gasteiger partial charge in [-0.1, -0.05) is 11.6 Å². The lowest BCUT2D eigenvalue weighted by molar-refractivity contribution is 0.477. The van der Waals surface area contributed by atoms with Crippen LogP contribution in [0.1, 0.15) is 11.4 Å². The van der Waals surface area contributed by atoms with Crippen LogP contribution in [-0.2, 0) is 0 Å². The van der Waals surface area contributed by atoms with E-state index in [-0.39, 0.29) is 0 Å². The Morgan fingerprint density at radius 1 is 1.38 bits per heavy atom. The van der Waals surface area contributed by atoms with Crippen molar-refractivity contribution in [2.75, 3.05) is 7.05 Å². The van der Waals surface area contributed by atoms with E-state index in [1.807, 2.05) is 19.1 Å². The molecular formula is C15H15ClN4O. The molecule has 0 aliphatic heterocycles. The summed E-state index contributed by atoms with van der Waals surface area (Å²) in [7, 11) is 1.67. The number of nitrogens with two attached hydrogens (primary N) is 1. The maximum atomic E-state index is 5.86. The minimum absolute atomic E-state index is 0.360. The maximum absolute atomic E-state index is 5.86. The zero-order chi connectivity index (χ0) is 15.2. The largest absolute Gasteiger partial charge is 0.455 e. The number of aliphatic imine (C=N–C) groups is 1. The number of pyridine rings is 2. The standard InChI is InChI=1S/C15H15ClN4O/c1-10-3-4-13(15(20-10)11(8-17)9-18-2)21-12-5-6-19-14(16)7-12/h3-9H,17H2,1-2H3/b11-8+,18-9?. The van der Waals surface area contributed by atoms with Crippen molar-refractivity contribution in [3.63, 3.8) is 0 Å². The number of aromatic nitrogens is 2. The summed E-state index contributed by atoms with van der Waals surface area (Å²) in [4.78, 5) is 12.4. The number of nitrogens with zero attached hydrogens (tertiary/aromatic N) is 3. The van der Waals surface area contributed by atoms with E-state index in [0.29, 0.717) is 27.9 Å². The topological polar surface area (TPSA) is 73.4 Å². The molecule has 2 aromatic heterocycles. The monoisotopic (exact) mass is 302 g/mol. The van der Waals surface area contributed by atoms with Crippen molar-refractivity contribution in [3.8, 4) is 11.5 Å². The Morgan fingerprint density at radius 2 is 2.19 bits per heavy atom. The van der Waals surface area contributed by atoms with Crippen LogP contribution in [0.5, 0.6) is 11.5 Å². The zero-order valence-electron chi connectivity index (χ0n) is 11.7. The molecule has 0 unspecified atom stereocenters. The third-order valence-electron chi connectivity index (χ3n) is 2.64. The van der Waals surface area contributed by atoms with Crippen LogP contribution in [0.25, 0.3) is 5.57 Å². The SMILES string of the molecule is CN=C/C(=C\N)c1nc(C)ccc1Oc1ccnc(Cl)c1. The fourth-order valence-corrected chi connectivity index (χ4v) is 1.89. The summed E-state index contributed by atoms with van der Waals surface area (Å²) in [5.41, 5.74) is 7.80. The van der Waals surface area contributed by atoms with Crippen LogP contribution in [0, 0.1) is 6.92 Å². The van der Waals surface area contributed by atoms with E-state index < -0.39 is 0 Å². The second kappa shape index (κ2) is 6.85. The lowest BCUT2D eigenvalue weighted by Gasteiger charge is -2.11. The molecule has 0 aliphatic rings. The van der Waals surface area contributed by atoms with Gasteiger partial charge in [0.25, 0.3) is 0 Å². The Morgan fingerprint density at radius 3 is 2.86 bits per heavy atom. The number of hydrogen-bond donors (Lipinski definition) is 1. The molecule has 0 aromatic carbocycles. The van der Waals surface area contributed by atoms with Crippen LogP contribution in [-0.4, -0.2) is 23.2 Å². The van der Waals surface area contributed by atoms with E-state index in [1.54, 1.807) is 31.6 Å². The van der Waals surface area contributed by atoms with Crippen LogP contribution >= 0.6 is 11.6 Å². The molecule has 2 aromatic rings. The highest BCUT2D eigenvalue weighted by atomic mass is 35.5. The molecule has 0 bridgehead atoms. The third-order valence-corrected chi connectivity index (χ3v) is 2.85. The molecule has 0 radical (unpaired) electrons. The fraction of sp³-hybridized carbons (Fsp3) is 0.133. The third kappa shape index (κ3) is 3.79. The minimum Gasteiger partial charge on any atom is -0.455 e. The Bertz CT molecular complexity index is 698. The van der Waals surface area contributed by atoms with Crippen LogP contribution < -0.4 is 10.5 Å². The van der Waals surface area contributed by atoms with Gasteiger partial charge in [-0.25, -0.2) is 9.97 Å². The van der Waals surface area contributed by atoms with Crippen LogP contribution in [0.15, 0.2) is 41.7 Å². The van der Waals surface area contributed by atoms with E-state index in [1.165, 1.54) is 6.20 Å². The Balaban J connectivity index is 2.44. The predicted molar refractivity (Wildman–Crippen MR) is 84.9 cm³/mol. The molecule has 0 saturated carbocycles. The van der Waals surface area contributed by atoms with Crippen molar-refractivity contribution in [2.24, 2.45) is 10.7 Å². The molecule has 108 valence electrons. The van der Waals surface area contributed by atoms with E-state index >= 15 is 0 Å². The number of allylic oxidation sites excluding steroid dienone is 1. The van der Waals surface area contributed by atoms with Gasteiger partial charge in [0.15, 0.2) is 5.75 Å². The molecular weight excluding hydrogens is 288 g/mol. The molecule has 0 atom stereocenters. The van der Waals surface area contributed by atoms with Gasteiger partial charge in [-0.3, -0.25) is 4.99 Å². The van der Waals surface area contributed by atoms with Gasteiger partial charge in [0.2, 0.25) is 0 Å². The van der Waals surface area contributed by atoms with E-state index in [0.717, 1.165) is 5.69 Å². The van der Waals surface area contributed by atoms with Crippen molar-refractivity contribution in [1.82, 2.24) is 9.97 Å². The molecule has 0 spiro atoms. The first-order chi connectivity index (χ1) is 10.1. The Labute approximate surface area is 128 Å². The number of hydrogen-bond acceptors (Lipinski definition) is 5. The smallest absolute Gasteiger partial charge is 0.153 e. The van der Waals surface area contributed by atoms with Gasteiger partial charge in [0, 0.05) is 43.0 Å². The van der Waals surface area contributed by atoms with Gasteiger partial charge >= 0.3 is 0 Å². The lowest BCUT2D eigenvalue weighted by atomic mass is 10.1. The Kier molecular flexibility index (Phi) is 4.90. The highest BCUT2D eigenvalue weighted by Gasteiger charge is 2.11. The molecule has 0 fully saturated rings. The summed E-state index contributed by atoms with van der Waals surface area (Å²) in [6.45, 7) is 1.90. The molecule has 2 heterocycles. The average Bonchev–Trinajstić information content (AvgIpc) is 2.47. The minimum atomic E-state index is 0.360. The van der Waals surface area contributed by atoms with Crippen LogP contribution in [0.4, 0.5) is 0 Å². The maximum Gasteiger partial charge on any atom is 0.153 e. The van der Waals surface area contributed by atoms with E-state index in [2.05, 4.69) is 15.0 Å². The van der Waals surface area contributed by atoms with Gasteiger partial charge in [0.1, 0.15) is 16.6 Å². The summed E-state index contributed by atoms with van der Waals surface area (Å²) >= 11 is 5.86. The van der Waals surface area contributed by atoms with Gasteiger partial charge < -0.3 is 10.5 Å². The van der Waals surface area contributed by atoms with Crippen molar-refractivity contribution in [1.29, 1.82) is 0 Å². The molecule has 2 rings (SSSR count). The molecule has 21 heavy (non-hydrogen) atoms. The molecule has 0 saturated heterocycles. The van der Waals surface area contributed by atoms with Gasteiger partial charge in [0.05, 0.1) is 0 Å². The average molecular weight is 303 g/mol. The second-order valence-corrected chi connectivity index (χ2v) is 4.61. The van der Waals surface area contributed by atoms with E-state index in [9.17, 15) is 0 Å². The van der Waals surface area contributed by atoms with Crippen molar-refractivity contribution < 1.29 is 4.74 Å². The molecule has 5 nitrogen and oxygen atoms in total. The summed E-state index contributed by atoms with van der Waals surface area (Å²) in [6, 6.07) is 7.04. The Hall–Kier alpha value is -2.40. The van der Waals surface area contributed by atoms with Gasteiger partial charge in [-0.05, 0) is 25.1 Å².